The van der Waals surface area contributed by atoms with Gasteiger partial charge in [0.05, 0.1) is 0 Å². The molecule has 0 heterocycles. The van der Waals surface area contributed by atoms with Crippen LogP contribution < -0.4 is 11.1 Å². The summed E-state index contributed by atoms with van der Waals surface area (Å²) in [5.41, 5.74) is 5.40. The summed E-state index contributed by atoms with van der Waals surface area (Å²) in [6.45, 7) is 1.60. The van der Waals surface area contributed by atoms with Gasteiger partial charge in [-0.1, -0.05) is 38.5 Å². The zero-order valence-electron chi connectivity index (χ0n) is 9.06. The van der Waals surface area contributed by atoms with Gasteiger partial charge in [0.15, 0.2) is 0 Å². The number of rotatable bonds is 11. The van der Waals surface area contributed by atoms with Crippen LogP contribution in [0.2, 0.25) is 0 Å². The molecule has 0 aromatic carbocycles. The van der Waals surface area contributed by atoms with E-state index in [9.17, 15) is 4.79 Å². The molecule has 3 heteroatoms. The van der Waals surface area contributed by atoms with Crippen LogP contribution in [0.5, 0.6) is 0 Å². The molecule has 0 spiro atoms. The summed E-state index contributed by atoms with van der Waals surface area (Å²) < 4.78 is 0. The molecule has 83 valence electrons. The number of carbonyl (C=O) groups excluding carboxylic acids is 1. The fourth-order valence-corrected chi connectivity index (χ4v) is 1.47. The quantitative estimate of drug-likeness (QED) is 0.393. The molecule has 0 rings (SSSR count). The minimum absolute atomic E-state index is 0.774. The van der Waals surface area contributed by atoms with Gasteiger partial charge in [-0.2, -0.15) is 0 Å². The zero-order valence-corrected chi connectivity index (χ0v) is 9.06. The second kappa shape index (κ2) is 12.4. The van der Waals surface area contributed by atoms with Crippen LogP contribution in [-0.4, -0.2) is 19.5 Å². The highest BCUT2D eigenvalue weighted by atomic mass is 16.1. The van der Waals surface area contributed by atoms with Gasteiger partial charge in [0.1, 0.15) is 0 Å². The van der Waals surface area contributed by atoms with E-state index in [2.05, 4.69) is 5.32 Å². The van der Waals surface area contributed by atoms with Gasteiger partial charge in [-0.3, -0.25) is 4.79 Å². The van der Waals surface area contributed by atoms with E-state index in [-0.39, 0.29) is 0 Å². The predicted octanol–water partition coefficient (Wildman–Crippen LogP) is 1.72. The minimum Gasteiger partial charge on any atom is -0.348 e. The summed E-state index contributed by atoms with van der Waals surface area (Å²) in [7, 11) is 0. The maximum Gasteiger partial charge on any atom is 0.309 e. The first-order chi connectivity index (χ1) is 6.91. The van der Waals surface area contributed by atoms with Crippen molar-refractivity contribution in [1.29, 1.82) is 0 Å². The summed E-state index contributed by atoms with van der Waals surface area (Å²) >= 11 is 0. The molecule has 0 unspecified atom stereocenters. The Morgan fingerprint density at radius 2 is 1.36 bits per heavy atom. The third kappa shape index (κ3) is 11.4. The van der Waals surface area contributed by atoms with Crippen LogP contribution in [-0.2, 0) is 4.79 Å². The van der Waals surface area contributed by atoms with Crippen molar-refractivity contribution in [3.8, 4) is 0 Å². The van der Waals surface area contributed by atoms with Crippen LogP contribution in [0, 0.1) is 0 Å². The number of nitrogens with one attached hydrogen (secondary N) is 1. The largest absolute Gasteiger partial charge is 0.348 e. The molecule has 1 radical (unpaired) electrons. The van der Waals surface area contributed by atoms with Crippen molar-refractivity contribution in [3.05, 3.63) is 0 Å². The average molecular weight is 199 g/mol. The fourth-order valence-electron chi connectivity index (χ4n) is 1.47. The standard InChI is InChI=1S/C11H23N2O/c12-9-7-5-3-1-2-4-6-8-10-13-11-14/h1-10,12H2,(H,13,14). The first-order valence-electron chi connectivity index (χ1n) is 5.72. The van der Waals surface area contributed by atoms with Gasteiger partial charge in [0.25, 0.3) is 0 Å². The van der Waals surface area contributed by atoms with E-state index >= 15 is 0 Å². The van der Waals surface area contributed by atoms with Gasteiger partial charge < -0.3 is 11.1 Å². The Labute approximate surface area is 87.4 Å². The molecule has 0 aliphatic carbocycles. The number of hydrogen-bond acceptors (Lipinski definition) is 2. The molecular weight excluding hydrogens is 176 g/mol. The van der Waals surface area contributed by atoms with E-state index in [1.54, 1.807) is 6.41 Å². The van der Waals surface area contributed by atoms with E-state index in [1.165, 1.54) is 44.9 Å². The van der Waals surface area contributed by atoms with Gasteiger partial charge in [-0.25, -0.2) is 0 Å². The van der Waals surface area contributed by atoms with E-state index in [0.29, 0.717) is 0 Å². The Kier molecular flexibility index (Phi) is 11.9. The van der Waals surface area contributed by atoms with Crippen LogP contribution in [0.1, 0.15) is 51.4 Å². The van der Waals surface area contributed by atoms with E-state index in [0.717, 1.165) is 19.5 Å². The van der Waals surface area contributed by atoms with Crippen molar-refractivity contribution < 1.29 is 4.79 Å². The highest BCUT2D eigenvalue weighted by molar-refractivity contribution is 5.46. The Bertz CT molecular complexity index is 118. The first kappa shape index (κ1) is 13.4. The smallest absolute Gasteiger partial charge is 0.309 e. The van der Waals surface area contributed by atoms with E-state index < -0.39 is 0 Å². The molecular formula is C11H23N2O. The summed E-state index contributed by atoms with van der Waals surface area (Å²) in [6.07, 6.45) is 11.7. The molecule has 1 amide bonds. The van der Waals surface area contributed by atoms with Crippen molar-refractivity contribution >= 4 is 6.41 Å². The topological polar surface area (TPSA) is 55.1 Å². The SMILES string of the molecule is NCCCCCCCCCCN[C]=O. The Hall–Kier alpha value is -0.570. The summed E-state index contributed by atoms with van der Waals surface area (Å²) in [4.78, 5) is 9.79. The Morgan fingerprint density at radius 3 is 1.86 bits per heavy atom. The van der Waals surface area contributed by atoms with Crippen LogP contribution in [0.4, 0.5) is 0 Å². The van der Waals surface area contributed by atoms with E-state index in [4.69, 9.17) is 5.73 Å². The predicted molar refractivity (Wildman–Crippen MR) is 59.7 cm³/mol. The molecule has 0 fully saturated rings. The third-order valence-electron chi connectivity index (χ3n) is 2.33. The van der Waals surface area contributed by atoms with Crippen molar-refractivity contribution in [3.63, 3.8) is 0 Å². The summed E-state index contributed by atoms with van der Waals surface area (Å²) in [6, 6.07) is 0. The lowest BCUT2D eigenvalue weighted by molar-refractivity contribution is 0.532. The molecule has 0 atom stereocenters. The molecule has 0 aromatic heterocycles. The Morgan fingerprint density at radius 1 is 0.857 bits per heavy atom. The summed E-state index contributed by atoms with van der Waals surface area (Å²) in [5.74, 6) is 0. The highest BCUT2D eigenvalue weighted by Gasteiger charge is 1.91. The lowest BCUT2D eigenvalue weighted by Crippen LogP contribution is -2.11. The maximum absolute atomic E-state index is 9.79. The first-order valence-corrected chi connectivity index (χ1v) is 5.72. The van der Waals surface area contributed by atoms with Crippen molar-refractivity contribution in [2.75, 3.05) is 13.1 Å². The lowest BCUT2D eigenvalue weighted by atomic mass is 10.1. The monoisotopic (exact) mass is 199 g/mol. The highest BCUT2D eigenvalue weighted by Crippen LogP contribution is 2.07. The van der Waals surface area contributed by atoms with Gasteiger partial charge in [-0.05, 0) is 19.4 Å². The van der Waals surface area contributed by atoms with Crippen LogP contribution >= 0.6 is 0 Å². The van der Waals surface area contributed by atoms with E-state index in [1.807, 2.05) is 0 Å². The van der Waals surface area contributed by atoms with Crippen LogP contribution in [0.3, 0.4) is 0 Å². The van der Waals surface area contributed by atoms with Gasteiger partial charge >= 0.3 is 6.41 Å². The average Bonchev–Trinajstić information content (AvgIpc) is 2.21. The number of hydrogen-bond donors (Lipinski definition) is 2. The zero-order chi connectivity index (χ0) is 10.5. The second-order valence-corrected chi connectivity index (χ2v) is 3.65. The number of unbranched alkanes of at least 4 members (excludes halogenated alkanes) is 7. The third-order valence-corrected chi connectivity index (χ3v) is 2.33. The van der Waals surface area contributed by atoms with Crippen molar-refractivity contribution in [2.24, 2.45) is 5.73 Å². The molecule has 0 bridgehead atoms. The van der Waals surface area contributed by atoms with Crippen molar-refractivity contribution in [1.82, 2.24) is 5.32 Å². The second-order valence-electron chi connectivity index (χ2n) is 3.65. The van der Waals surface area contributed by atoms with Gasteiger partial charge in [-0.15, -0.1) is 0 Å². The van der Waals surface area contributed by atoms with Crippen LogP contribution in [0.25, 0.3) is 0 Å². The fraction of sp³-hybridized carbons (Fsp3) is 0.909. The number of amides is 1. The molecule has 14 heavy (non-hydrogen) atoms. The van der Waals surface area contributed by atoms with Gasteiger partial charge in [0.2, 0.25) is 0 Å². The minimum atomic E-state index is 0.774. The molecule has 0 saturated carbocycles. The number of nitrogens with two attached hydrogens (primary N) is 1. The molecule has 0 aromatic rings. The van der Waals surface area contributed by atoms with Crippen LogP contribution in [0.15, 0.2) is 0 Å². The normalized spacial score (nSPS) is 10.1. The van der Waals surface area contributed by atoms with Crippen molar-refractivity contribution in [2.45, 2.75) is 51.4 Å². The molecule has 0 saturated heterocycles. The van der Waals surface area contributed by atoms with Gasteiger partial charge in [0, 0.05) is 6.54 Å². The molecule has 0 aliphatic rings. The lowest BCUT2D eigenvalue weighted by Gasteiger charge is -2.01. The summed E-state index contributed by atoms with van der Waals surface area (Å²) in [5, 5.41) is 2.55. The maximum atomic E-state index is 9.79. The molecule has 3 nitrogen and oxygen atoms in total. The Balaban J connectivity index is 2.81. The molecule has 3 N–H and O–H groups in total. The molecule has 0 aliphatic heterocycles.